The minimum atomic E-state index is -4.03. The van der Waals surface area contributed by atoms with Gasteiger partial charge in [0.15, 0.2) is 0 Å². The van der Waals surface area contributed by atoms with E-state index in [1.165, 1.54) is 20.4 Å². The van der Waals surface area contributed by atoms with Crippen molar-refractivity contribution in [3.8, 4) is 11.5 Å². The van der Waals surface area contributed by atoms with Crippen molar-refractivity contribution in [3.05, 3.63) is 87.4 Å². The van der Waals surface area contributed by atoms with Crippen LogP contribution in [0.15, 0.2) is 64.6 Å². The second-order valence-electron chi connectivity index (χ2n) is 8.53. The number of hydrogen-bond acceptors (Lipinski definition) is 6. The van der Waals surface area contributed by atoms with E-state index in [1.54, 1.807) is 56.3 Å². The van der Waals surface area contributed by atoms with Gasteiger partial charge in [-0.1, -0.05) is 41.4 Å². The Morgan fingerprint density at radius 1 is 1.00 bits per heavy atom. The molecule has 0 heterocycles. The first-order chi connectivity index (χ1) is 17.5. The molecule has 0 atom stereocenters. The molecule has 196 valence electrons. The molecule has 3 aromatic carbocycles. The molecule has 37 heavy (non-hydrogen) atoms. The second kappa shape index (κ2) is 12.2. The molecule has 10 heteroatoms. The highest BCUT2D eigenvalue weighted by molar-refractivity contribution is 7.89. The second-order valence-corrected chi connectivity index (χ2v) is 10.8. The number of ether oxygens (including phenoxy) is 2. The first-order valence-electron chi connectivity index (χ1n) is 11.4. The first kappa shape index (κ1) is 28.2. The van der Waals surface area contributed by atoms with E-state index in [9.17, 15) is 13.2 Å². The molecule has 0 unspecified atom stereocenters. The van der Waals surface area contributed by atoms with Crippen molar-refractivity contribution >= 4 is 33.7 Å². The Labute approximate surface area is 222 Å². The zero-order chi connectivity index (χ0) is 27.2. The van der Waals surface area contributed by atoms with Crippen molar-refractivity contribution in [2.24, 2.45) is 5.10 Å². The molecule has 0 saturated heterocycles. The first-order valence-corrected chi connectivity index (χ1v) is 13.2. The van der Waals surface area contributed by atoms with E-state index in [0.29, 0.717) is 38.8 Å². The summed E-state index contributed by atoms with van der Waals surface area (Å²) in [6, 6.07) is 15.6. The predicted octanol–water partition coefficient (Wildman–Crippen LogP) is 4.62. The molecule has 3 rings (SSSR count). The third-order valence-corrected chi connectivity index (χ3v) is 7.97. The van der Waals surface area contributed by atoms with Gasteiger partial charge in [-0.3, -0.25) is 4.79 Å². The van der Waals surface area contributed by atoms with Gasteiger partial charge in [0.2, 0.25) is 10.0 Å². The SMILES string of the molecule is COc1ccc(OC)c(/C=N/NC(=O)CN(Cc2ccc(Cl)cc2)S(=O)(=O)c2c(C)cc(C)cc2C)c1. The summed E-state index contributed by atoms with van der Waals surface area (Å²) >= 11 is 5.99. The summed E-state index contributed by atoms with van der Waals surface area (Å²) in [4.78, 5) is 13.0. The molecule has 1 N–H and O–H groups in total. The Balaban J connectivity index is 1.88. The molecule has 0 fully saturated rings. The zero-order valence-corrected chi connectivity index (χ0v) is 23.0. The lowest BCUT2D eigenvalue weighted by Gasteiger charge is -2.24. The number of methoxy groups -OCH3 is 2. The van der Waals surface area contributed by atoms with Crippen LogP contribution >= 0.6 is 11.6 Å². The van der Waals surface area contributed by atoms with Crippen LogP contribution in [0.1, 0.15) is 27.8 Å². The van der Waals surface area contributed by atoms with Gasteiger partial charge >= 0.3 is 0 Å². The lowest BCUT2D eigenvalue weighted by Crippen LogP contribution is -2.39. The van der Waals surface area contributed by atoms with E-state index in [0.717, 1.165) is 9.87 Å². The molecule has 8 nitrogen and oxygen atoms in total. The molecular formula is C27H30ClN3O5S. The molecule has 3 aromatic rings. The van der Waals surface area contributed by atoms with Gasteiger partial charge in [-0.15, -0.1) is 0 Å². The number of rotatable bonds is 10. The number of aryl methyl sites for hydroxylation is 3. The summed E-state index contributed by atoms with van der Waals surface area (Å²) in [7, 11) is -0.969. The van der Waals surface area contributed by atoms with E-state index >= 15 is 0 Å². The zero-order valence-electron chi connectivity index (χ0n) is 21.4. The van der Waals surface area contributed by atoms with Gasteiger partial charge < -0.3 is 9.47 Å². The molecule has 0 aromatic heterocycles. The molecule has 0 aliphatic rings. The topological polar surface area (TPSA) is 97.3 Å². The average Bonchev–Trinajstić information content (AvgIpc) is 2.84. The lowest BCUT2D eigenvalue weighted by atomic mass is 10.1. The summed E-state index contributed by atoms with van der Waals surface area (Å²) in [5.41, 5.74) is 5.87. The Morgan fingerprint density at radius 3 is 2.24 bits per heavy atom. The van der Waals surface area contributed by atoms with Gasteiger partial charge in [-0.25, -0.2) is 13.8 Å². The van der Waals surface area contributed by atoms with E-state index in [2.05, 4.69) is 10.5 Å². The maximum atomic E-state index is 13.8. The van der Waals surface area contributed by atoms with Crippen LogP contribution < -0.4 is 14.9 Å². The molecular weight excluding hydrogens is 514 g/mol. The predicted molar refractivity (Wildman–Crippen MR) is 145 cm³/mol. The number of sulfonamides is 1. The number of carbonyl (C=O) groups excluding carboxylic acids is 1. The van der Waals surface area contributed by atoms with Gasteiger partial charge in [0.1, 0.15) is 11.5 Å². The summed E-state index contributed by atoms with van der Waals surface area (Å²) in [6.07, 6.45) is 1.41. The molecule has 0 spiro atoms. The van der Waals surface area contributed by atoms with Crippen molar-refractivity contribution < 1.29 is 22.7 Å². The van der Waals surface area contributed by atoms with Gasteiger partial charge in [-0.2, -0.15) is 9.41 Å². The summed E-state index contributed by atoms with van der Waals surface area (Å²) < 4.78 is 39.2. The van der Waals surface area contributed by atoms with Crippen molar-refractivity contribution in [3.63, 3.8) is 0 Å². The number of nitrogens with one attached hydrogen (secondary N) is 1. The highest BCUT2D eigenvalue weighted by Gasteiger charge is 2.30. The Morgan fingerprint density at radius 2 is 1.65 bits per heavy atom. The maximum absolute atomic E-state index is 13.8. The fourth-order valence-corrected chi connectivity index (χ4v) is 5.95. The third-order valence-electron chi connectivity index (χ3n) is 5.62. The number of benzene rings is 3. The standard InChI is InChI=1S/C27H30ClN3O5S/c1-18-12-19(2)27(20(3)13-18)37(33,34)31(16-21-6-8-23(28)9-7-21)17-26(32)30-29-15-22-14-24(35-4)10-11-25(22)36-5/h6-15H,16-17H2,1-5H3,(H,30,32)/b29-15+. The quantitative estimate of drug-likeness (QED) is 0.297. The van der Waals surface area contributed by atoms with Crippen LogP contribution in [0.3, 0.4) is 0 Å². The third kappa shape index (κ3) is 7.09. The van der Waals surface area contributed by atoms with Crippen LogP contribution in [0.5, 0.6) is 11.5 Å². The van der Waals surface area contributed by atoms with Crippen LogP contribution in [0, 0.1) is 20.8 Å². The van der Waals surface area contributed by atoms with Gasteiger partial charge in [0.25, 0.3) is 5.91 Å². The minimum Gasteiger partial charge on any atom is -0.497 e. The summed E-state index contributed by atoms with van der Waals surface area (Å²) in [5, 5.41) is 4.53. The van der Waals surface area contributed by atoms with Crippen molar-refractivity contribution in [2.75, 3.05) is 20.8 Å². The van der Waals surface area contributed by atoms with E-state index in [4.69, 9.17) is 21.1 Å². The van der Waals surface area contributed by atoms with Crippen LogP contribution in [0.2, 0.25) is 5.02 Å². The van der Waals surface area contributed by atoms with Crippen molar-refractivity contribution in [1.29, 1.82) is 0 Å². The van der Waals surface area contributed by atoms with E-state index in [-0.39, 0.29) is 11.4 Å². The number of nitrogens with zero attached hydrogens (tertiary/aromatic N) is 2. The maximum Gasteiger partial charge on any atom is 0.255 e. The average molecular weight is 544 g/mol. The monoisotopic (exact) mass is 543 g/mol. The van der Waals surface area contributed by atoms with E-state index in [1.807, 2.05) is 19.1 Å². The lowest BCUT2D eigenvalue weighted by molar-refractivity contribution is -0.121. The largest absolute Gasteiger partial charge is 0.497 e. The van der Waals surface area contributed by atoms with Crippen molar-refractivity contribution in [1.82, 2.24) is 9.73 Å². The Hall–Kier alpha value is -3.40. The summed E-state index contributed by atoms with van der Waals surface area (Å²) in [6.45, 7) is 4.94. The number of hydrazone groups is 1. The molecule has 0 bridgehead atoms. The minimum absolute atomic E-state index is 0.0207. The molecule has 0 aliphatic carbocycles. The van der Waals surface area contributed by atoms with E-state index < -0.39 is 22.5 Å². The van der Waals surface area contributed by atoms with Crippen molar-refractivity contribution in [2.45, 2.75) is 32.2 Å². The fraction of sp³-hybridized carbons (Fsp3) is 0.259. The van der Waals surface area contributed by atoms with Crippen LogP contribution in [-0.4, -0.2) is 45.6 Å². The molecule has 0 radical (unpaired) electrons. The number of amides is 1. The normalized spacial score (nSPS) is 11.6. The highest BCUT2D eigenvalue weighted by Crippen LogP contribution is 2.27. The van der Waals surface area contributed by atoms with Crippen LogP contribution in [0.25, 0.3) is 0 Å². The van der Waals surface area contributed by atoms with Crippen LogP contribution in [-0.2, 0) is 21.4 Å². The highest BCUT2D eigenvalue weighted by atomic mass is 35.5. The Bertz CT molecular complexity index is 1380. The summed E-state index contributed by atoms with van der Waals surface area (Å²) in [5.74, 6) is 0.534. The van der Waals surface area contributed by atoms with Crippen LogP contribution in [0.4, 0.5) is 0 Å². The number of hydrogen-bond donors (Lipinski definition) is 1. The number of halogens is 1. The smallest absolute Gasteiger partial charge is 0.255 e. The fourth-order valence-electron chi connectivity index (χ4n) is 4.03. The number of carbonyl (C=O) groups is 1. The van der Waals surface area contributed by atoms with Gasteiger partial charge in [0, 0.05) is 17.1 Å². The van der Waals surface area contributed by atoms with Gasteiger partial charge in [-0.05, 0) is 67.8 Å². The Kier molecular flexibility index (Phi) is 9.31. The van der Waals surface area contributed by atoms with Gasteiger partial charge in [0.05, 0.1) is 31.9 Å². The molecule has 0 aliphatic heterocycles. The molecule has 0 saturated carbocycles. The molecule has 1 amide bonds.